The number of ether oxygens (including phenoxy) is 1. The molecule has 1 atom stereocenters. The highest BCUT2D eigenvalue weighted by atomic mass is 32.2. The molecule has 34 heavy (non-hydrogen) atoms. The van der Waals surface area contributed by atoms with Gasteiger partial charge in [0.2, 0.25) is 11.0 Å². The van der Waals surface area contributed by atoms with Crippen LogP contribution in [0.15, 0.2) is 42.1 Å². The van der Waals surface area contributed by atoms with Gasteiger partial charge in [-0.25, -0.2) is 0 Å². The van der Waals surface area contributed by atoms with Crippen molar-refractivity contribution in [3.8, 4) is 5.75 Å². The van der Waals surface area contributed by atoms with Gasteiger partial charge in [-0.1, -0.05) is 66.1 Å². The lowest BCUT2D eigenvalue weighted by Crippen LogP contribution is -2.15. The molecule has 1 aromatic carbocycles. The number of aryl methyl sites for hydroxylation is 1. The van der Waals surface area contributed by atoms with Crippen molar-refractivity contribution in [3.63, 3.8) is 0 Å². The van der Waals surface area contributed by atoms with E-state index in [2.05, 4.69) is 32.3 Å². The molecule has 1 aliphatic carbocycles. The van der Waals surface area contributed by atoms with Gasteiger partial charge in [-0.05, 0) is 38.8 Å². The number of hydrogen-bond acceptors (Lipinski definition) is 8. The second-order valence-corrected chi connectivity index (χ2v) is 10.4. The average molecular weight is 499 g/mol. The van der Waals surface area contributed by atoms with Gasteiger partial charge in [0.05, 0.1) is 5.75 Å². The first-order chi connectivity index (χ1) is 16.5. The van der Waals surface area contributed by atoms with Crippen LogP contribution in [0.5, 0.6) is 5.75 Å². The molecule has 1 saturated carbocycles. The molecule has 4 rings (SSSR count). The Morgan fingerprint density at radius 3 is 2.74 bits per heavy atom. The maximum Gasteiger partial charge on any atom is 0.236 e. The van der Waals surface area contributed by atoms with Gasteiger partial charge in [0, 0.05) is 12.5 Å². The van der Waals surface area contributed by atoms with Crippen molar-refractivity contribution in [3.05, 3.63) is 53.3 Å². The average Bonchev–Trinajstić information content (AvgIpc) is 3.47. The molecule has 10 heteroatoms. The van der Waals surface area contributed by atoms with Gasteiger partial charge >= 0.3 is 0 Å². The largest absolute Gasteiger partial charge is 0.483 e. The van der Waals surface area contributed by atoms with Gasteiger partial charge < -0.3 is 4.74 Å². The Morgan fingerprint density at radius 2 is 2.00 bits per heavy atom. The van der Waals surface area contributed by atoms with Crippen LogP contribution in [0.2, 0.25) is 0 Å². The zero-order valence-corrected chi connectivity index (χ0v) is 21.2. The summed E-state index contributed by atoms with van der Waals surface area (Å²) in [6.07, 6.45) is 7.57. The Balaban J connectivity index is 1.35. The lowest BCUT2D eigenvalue weighted by atomic mass is 9.90. The van der Waals surface area contributed by atoms with E-state index >= 15 is 0 Å². The number of nitrogens with zero attached hydrogens (tertiary/aromatic N) is 5. The minimum atomic E-state index is -0.307. The summed E-state index contributed by atoms with van der Waals surface area (Å²) in [5.41, 5.74) is 1.17. The smallest absolute Gasteiger partial charge is 0.236 e. The van der Waals surface area contributed by atoms with Gasteiger partial charge in [0.1, 0.15) is 10.8 Å². The number of benzene rings is 1. The van der Waals surface area contributed by atoms with Crippen LogP contribution < -0.4 is 10.1 Å². The Kier molecular flexibility index (Phi) is 8.34. The first-order valence-corrected chi connectivity index (χ1v) is 13.4. The predicted molar refractivity (Wildman–Crippen MR) is 136 cm³/mol. The fourth-order valence-corrected chi connectivity index (χ4v) is 5.65. The summed E-state index contributed by atoms with van der Waals surface area (Å²) in [5.74, 6) is 1.98. The van der Waals surface area contributed by atoms with Crippen LogP contribution in [0, 0.1) is 6.92 Å². The zero-order chi connectivity index (χ0) is 23.9. The maximum atomic E-state index is 12.6. The molecule has 0 saturated heterocycles. The third-order valence-corrected chi connectivity index (χ3v) is 7.70. The molecule has 1 amide bonds. The van der Waals surface area contributed by atoms with Crippen LogP contribution in [-0.4, -0.2) is 36.6 Å². The first kappa shape index (κ1) is 24.4. The molecule has 0 bridgehead atoms. The number of nitrogens with one attached hydrogen (secondary N) is 1. The van der Waals surface area contributed by atoms with E-state index in [1.165, 1.54) is 47.9 Å². The topological polar surface area (TPSA) is 94.8 Å². The van der Waals surface area contributed by atoms with E-state index in [1.54, 1.807) is 6.08 Å². The fourth-order valence-electron chi connectivity index (χ4n) is 3.97. The second-order valence-electron chi connectivity index (χ2n) is 8.43. The first-order valence-electron chi connectivity index (χ1n) is 11.6. The number of hydrogen-bond donors (Lipinski definition) is 1. The summed E-state index contributed by atoms with van der Waals surface area (Å²) in [5, 5.41) is 22.2. The van der Waals surface area contributed by atoms with E-state index < -0.39 is 0 Å². The van der Waals surface area contributed by atoms with Crippen molar-refractivity contribution in [2.45, 2.75) is 69.7 Å². The van der Waals surface area contributed by atoms with Gasteiger partial charge in [0.25, 0.3) is 0 Å². The number of carbonyl (C=O) groups excluding carboxylic acids is 1. The van der Waals surface area contributed by atoms with Crippen molar-refractivity contribution >= 4 is 34.1 Å². The van der Waals surface area contributed by atoms with Crippen molar-refractivity contribution < 1.29 is 9.53 Å². The third kappa shape index (κ3) is 6.24. The van der Waals surface area contributed by atoms with E-state index in [0.717, 1.165) is 23.6 Å². The number of rotatable bonds is 10. The normalized spacial score (nSPS) is 15.1. The standard InChI is InChI=1S/C24H30N6O2S2/c1-4-14-30-21(17(3)32-19-12-10-16(2)11-13-19)26-29-24(30)33-15-20(31)25-23-28-27-22(34-23)18-8-6-5-7-9-18/h4,10-13,17-18H,1,5-9,14-15H2,2-3H3,(H,25,28,31). The minimum Gasteiger partial charge on any atom is -0.483 e. The van der Waals surface area contributed by atoms with Crippen molar-refractivity contribution in [1.29, 1.82) is 0 Å². The molecule has 0 spiro atoms. The molecule has 1 unspecified atom stereocenters. The highest BCUT2D eigenvalue weighted by molar-refractivity contribution is 7.99. The van der Waals surface area contributed by atoms with Crippen LogP contribution in [-0.2, 0) is 11.3 Å². The summed E-state index contributed by atoms with van der Waals surface area (Å²) in [7, 11) is 0. The van der Waals surface area contributed by atoms with Crippen LogP contribution in [0.3, 0.4) is 0 Å². The van der Waals surface area contributed by atoms with E-state index in [4.69, 9.17) is 4.74 Å². The lowest BCUT2D eigenvalue weighted by Gasteiger charge is -2.18. The Morgan fingerprint density at radius 1 is 1.24 bits per heavy atom. The minimum absolute atomic E-state index is 0.144. The summed E-state index contributed by atoms with van der Waals surface area (Å²) >= 11 is 2.81. The monoisotopic (exact) mass is 498 g/mol. The molecule has 0 radical (unpaired) electrons. The highest BCUT2D eigenvalue weighted by Gasteiger charge is 2.22. The molecule has 2 heterocycles. The van der Waals surface area contributed by atoms with Crippen LogP contribution in [0.25, 0.3) is 0 Å². The van der Waals surface area contributed by atoms with Crippen molar-refractivity contribution in [2.24, 2.45) is 0 Å². The molecule has 3 aromatic rings. The molecule has 0 aliphatic heterocycles. The summed E-state index contributed by atoms with van der Waals surface area (Å²) in [6, 6.07) is 7.89. The number of amides is 1. The molecule has 180 valence electrons. The zero-order valence-electron chi connectivity index (χ0n) is 19.6. The van der Waals surface area contributed by atoms with E-state index in [0.29, 0.717) is 28.6 Å². The third-order valence-electron chi connectivity index (χ3n) is 5.73. The number of aromatic nitrogens is 5. The van der Waals surface area contributed by atoms with Gasteiger partial charge in [-0.15, -0.1) is 27.0 Å². The molecular formula is C24H30N6O2S2. The van der Waals surface area contributed by atoms with Gasteiger partial charge in [0.15, 0.2) is 17.1 Å². The molecule has 8 nitrogen and oxygen atoms in total. The number of carbonyl (C=O) groups is 1. The van der Waals surface area contributed by atoms with E-state index in [1.807, 2.05) is 42.7 Å². The van der Waals surface area contributed by atoms with Crippen molar-refractivity contribution in [1.82, 2.24) is 25.0 Å². The number of thioether (sulfide) groups is 1. The number of anilines is 1. The summed E-state index contributed by atoms with van der Waals surface area (Å²) in [6.45, 7) is 8.34. The molecule has 2 aromatic heterocycles. The SMILES string of the molecule is C=CCn1c(SCC(=O)Nc2nnc(C3CCCCC3)s2)nnc1C(C)Oc1ccc(C)cc1. The van der Waals surface area contributed by atoms with Crippen LogP contribution in [0.1, 0.15) is 67.4 Å². The highest BCUT2D eigenvalue weighted by Crippen LogP contribution is 2.35. The second kappa shape index (κ2) is 11.6. The molecule has 1 N–H and O–H groups in total. The summed E-state index contributed by atoms with van der Waals surface area (Å²) in [4.78, 5) is 12.6. The quantitative estimate of drug-likeness (QED) is 0.289. The molecule has 1 fully saturated rings. The predicted octanol–water partition coefficient (Wildman–Crippen LogP) is 5.54. The van der Waals surface area contributed by atoms with Gasteiger partial charge in [-0.2, -0.15) is 0 Å². The van der Waals surface area contributed by atoms with Crippen LogP contribution in [0.4, 0.5) is 5.13 Å². The Labute approximate surface area is 208 Å². The van der Waals surface area contributed by atoms with Gasteiger partial charge in [-0.3, -0.25) is 14.7 Å². The Bertz CT molecular complexity index is 1110. The summed E-state index contributed by atoms with van der Waals surface area (Å²) < 4.78 is 7.98. The Hall–Kier alpha value is -2.72. The molecular weight excluding hydrogens is 468 g/mol. The number of allylic oxidation sites excluding steroid dienone is 1. The fraction of sp³-hybridized carbons (Fsp3) is 0.458. The van der Waals surface area contributed by atoms with E-state index in [-0.39, 0.29) is 17.8 Å². The van der Waals surface area contributed by atoms with Crippen LogP contribution >= 0.6 is 23.1 Å². The lowest BCUT2D eigenvalue weighted by molar-refractivity contribution is -0.113. The molecule has 1 aliphatic rings. The maximum absolute atomic E-state index is 12.6. The van der Waals surface area contributed by atoms with Crippen molar-refractivity contribution in [2.75, 3.05) is 11.1 Å². The van der Waals surface area contributed by atoms with E-state index in [9.17, 15) is 4.79 Å².